The molecule has 0 fully saturated rings. The molecule has 0 spiro atoms. The van der Waals surface area contributed by atoms with Crippen molar-refractivity contribution >= 4 is 16.0 Å². The number of rotatable bonds is 6. The van der Waals surface area contributed by atoms with Crippen LogP contribution >= 0.6 is 0 Å². The van der Waals surface area contributed by atoms with Gasteiger partial charge in [-0.05, 0) is 31.5 Å². The lowest BCUT2D eigenvalue weighted by atomic mass is 10.1. The van der Waals surface area contributed by atoms with Gasteiger partial charge in [-0.15, -0.1) is 0 Å². The van der Waals surface area contributed by atoms with Crippen LogP contribution in [0.5, 0.6) is 0 Å². The summed E-state index contributed by atoms with van der Waals surface area (Å²) in [5.74, 6) is -1.02. The van der Waals surface area contributed by atoms with E-state index in [2.05, 4.69) is 9.82 Å². The van der Waals surface area contributed by atoms with Crippen molar-refractivity contribution in [1.82, 2.24) is 14.5 Å². The van der Waals surface area contributed by atoms with Gasteiger partial charge in [-0.25, -0.2) is 17.9 Å². The van der Waals surface area contributed by atoms with E-state index in [1.165, 1.54) is 24.5 Å². The summed E-state index contributed by atoms with van der Waals surface area (Å²) in [6.07, 6.45) is 2.77. The Morgan fingerprint density at radius 3 is 2.45 bits per heavy atom. The lowest BCUT2D eigenvalue weighted by Gasteiger charge is -2.06. The molecule has 0 unspecified atom stereocenters. The first kappa shape index (κ1) is 16.2. The number of hydrogen-bond acceptors (Lipinski definition) is 4. The maximum Gasteiger partial charge on any atom is 0.335 e. The lowest BCUT2D eigenvalue weighted by Crippen LogP contribution is -2.23. The number of carboxylic acid groups (broad SMARTS) is 1. The predicted molar refractivity (Wildman–Crippen MR) is 80.0 cm³/mol. The SMILES string of the molecule is CC(C)n1cc(S(=O)(=O)NCc2ccc(C(=O)O)cc2)cn1. The minimum Gasteiger partial charge on any atom is -0.478 e. The topological polar surface area (TPSA) is 101 Å². The molecule has 0 aliphatic carbocycles. The van der Waals surface area contributed by atoms with Crippen LogP contribution in [0.4, 0.5) is 0 Å². The number of aromatic nitrogens is 2. The Labute approximate surface area is 128 Å². The first-order valence-electron chi connectivity index (χ1n) is 6.65. The van der Waals surface area contributed by atoms with Gasteiger partial charge in [0.25, 0.3) is 0 Å². The summed E-state index contributed by atoms with van der Waals surface area (Å²) >= 11 is 0. The second-order valence-electron chi connectivity index (χ2n) is 5.08. The molecule has 1 aromatic heterocycles. The molecule has 0 aliphatic rings. The maximum atomic E-state index is 12.2. The van der Waals surface area contributed by atoms with Gasteiger partial charge in [-0.1, -0.05) is 12.1 Å². The van der Waals surface area contributed by atoms with Crippen LogP contribution in [0, 0.1) is 0 Å². The summed E-state index contributed by atoms with van der Waals surface area (Å²) in [5.41, 5.74) is 0.828. The van der Waals surface area contributed by atoms with E-state index in [1.54, 1.807) is 16.8 Å². The number of nitrogens with zero attached hydrogens (tertiary/aromatic N) is 2. The van der Waals surface area contributed by atoms with E-state index in [0.29, 0.717) is 5.56 Å². The van der Waals surface area contributed by atoms with Crippen LogP contribution < -0.4 is 4.72 Å². The molecule has 0 saturated carbocycles. The molecule has 1 aromatic carbocycles. The first-order valence-corrected chi connectivity index (χ1v) is 8.14. The molecule has 2 aromatic rings. The number of carbonyl (C=O) groups is 1. The van der Waals surface area contributed by atoms with Gasteiger partial charge in [0.15, 0.2) is 0 Å². The van der Waals surface area contributed by atoms with Crippen LogP contribution in [0.2, 0.25) is 0 Å². The van der Waals surface area contributed by atoms with Crippen LogP contribution in [0.3, 0.4) is 0 Å². The summed E-state index contributed by atoms with van der Waals surface area (Å²) in [5, 5.41) is 12.8. The van der Waals surface area contributed by atoms with E-state index in [1.807, 2.05) is 13.8 Å². The van der Waals surface area contributed by atoms with Crippen LogP contribution in [0.1, 0.15) is 35.8 Å². The van der Waals surface area contributed by atoms with E-state index in [4.69, 9.17) is 5.11 Å². The minimum absolute atomic E-state index is 0.0764. The molecule has 0 bridgehead atoms. The lowest BCUT2D eigenvalue weighted by molar-refractivity contribution is 0.0697. The van der Waals surface area contributed by atoms with E-state index in [0.717, 1.165) is 0 Å². The zero-order chi connectivity index (χ0) is 16.3. The number of hydrogen-bond donors (Lipinski definition) is 2. The highest BCUT2D eigenvalue weighted by Gasteiger charge is 2.17. The van der Waals surface area contributed by atoms with Gasteiger partial charge >= 0.3 is 5.97 Å². The number of aromatic carboxylic acids is 1. The molecule has 2 rings (SSSR count). The van der Waals surface area contributed by atoms with Crippen LogP contribution in [-0.2, 0) is 16.6 Å². The molecule has 0 aliphatic heterocycles. The first-order chi connectivity index (χ1) is 10.3. The highest BCUT2D eigenvalue weighted by molar-refractivity contribution is 7.89. The van der Waals surface area contributed by atoms with E-state index >= 15 is 0 Å². The molecule has 0 atom stereocenters. The number of carboxylic acids is 1. The van der Waals surface area contributed by atoms with Crippen molar-refractivity contribution in [2.24, 2.45) is 0 Å². The second-order valence-corrected chi connectivity index (χ2v) is 6.84. The third-order valence-electron chi connectivity index (χ3n) is 3.08. The Kier molecular flexibility index (Phi) is 4.62. The smallest absolute Gasteiger partial charge is 0.335 e. The molecule has 2 N–H and O–H groups in total. The summed E-state index contributed by atoms with van der Waals surface area (Å²) in [4.78, 5) is 10.9. The molecule has 22 heavy (non-hydrogen) atoms. The van der Waals surface area contributed by atoms with Gasteiger partial charge in [0.1, 0.15) is 4.90 Å². The van der Waals surface area contributed by atoms with Crippen LogP contribution in [0.15, 0.2) is 41.6 Å². The van der Waals surface area contributed by atoms with E-state index in [-0.39, 0.29) is 23.0 Å². The van der Waals surface area contributed by atoms with Gasteiger partial charge < -0.3 is 5.11 Å². The van der Waals surface area contributed by atoms with Gasteiger partial charge in [-0.3, -0.25) is 4.68 Å². The van der Waals surface area contributed by atoms with E-state index < -0.39 is 16.0 Å². The fourth-order valence-electron chi connectivity index (χ4n) is 1.77. The average molecular weight is 323 g/mol. The third kappa shape index (κ3) is 3.71. The maximum absolute atomic E-state index is 12.2. The van der Waals surface area contributed by atoms with E-state index in [9.17, 15) is 13.2 Å². The number of sulfonamides is 1. The van der Waals surface area contributed by atoms with Crippen molar-refractivity contribution in [3.63, 3.8) is 0 Å². The summed E-state index contributed by atoms with van der Waals surface area (Å²) in [6.45, 7) is 3.89. The van der Waals surface area contributed by atoms with Gasteiger partial charge in [0, 0.05) is 18.8 Å². The zero-order valence-electron chi connectivity index (χ0n) is 12.2. The molecule has 0 amide bonds. The van der Waals surface area contributed by atoms with Crippen molar-refractivity contribution in [2.75, 3.05) is 0 Å². The number of benzene rings is 1. The van der Waals surface area contributed by atoms with Crippen LogP contribution in [-0.4, -0.2) is 29.3 Å². The average Bonchev–Trinajstić information content (AvgIpc) is 2.96. The monoisotopic (exact) mass is 323 g/mol. The Morgan fingerprint density at radius 1 is 1.32 bits per heavy atom. The van der Waals surface area contributed by atoms with Gasteiger partial charge in [-0.2, -0.15) is 5.10 Å². The van der Waals surface area contributed by atoms with Crippen molar-refractivity contribution in [1.29, 1.82) is 0 Å². The fraction of sp³-hybridized carbons (Fsp3) is 0.286. The molecule has 1 heterocycles. The zero-order valence-corrected chi connectivity index (χ0v) is 13.0. The highest BCUT2D eigenvalue weighted by atomic mass is 32.2. The van der Waals surface area contributed by atoms with Crippen molar-refractivity contribution in [2.45, 2.75) is 31.3 Å². The Balaban J connectivity index is 2.07. The standard InChI is InChI=1S/C14H17N3O4S/c1-10(2)17-9-13(8-15-17)22(20,21)16-7-11-3-5-12(6-4-11)14(18)19/h3-6,8-10,16H,7H2,1-2H3,(H,18,19). The van der Waals surface area contributed by atoms with Gasteiger partial charge in [0.05, 0.1) is 11.8 Å². The summed E-state index contributed by atoms with van der Waals surface area (Å²) in [6, 6.07) is 6.09. The Bertz CT molecular complexity index is 764. The molecule has 0 radical (unpaired) electrons. The fourth-order valence-corrected chi connectivity index (χ4v) is 2.72. The number of nitrogens with one attached hydrogen (secondary N) is 1. The third-order valence-corrected chi connectivity index (χ3v) is 4.44. The largest absolute Gasteiger partial charge is 0.478 e. The van der Waals surface area contributed by atoms with Crippen LogP contribution in [0.25, 0.3) is 0 Å². The van der Waals surface area contributed by atoms with Crippen molar-refractivity contribution < 1.29 is 18.3 Å². The van der Waals surface area contributed by atoms with Crippen molar-refractivity contribution in [3.05, 3.63) is 47.8 Å². The quantitative estimate of drug-likeness (QED) is 0.841. The van der Waals surface area contributed by atoms with Gasteiger partial charge in [0.2, 0.25) is 10.0 Å². The highest BCUT2D eigenvalue weighted by Crippen LogP contribution is 2.12. The molecular formula is C14H17N3O4S. The predicted octanol–water partition coefficient (Wildman–Crippen LogP) is 1.64. The molecule has 118 valence electrons. The minimum atomic E-state index is -3.65. The molecule has 0 saturated heterocycles. The van der Waals surface area contributed by atoms with Crippen molar-refractivity contribution in [3.8, 4) is 0 Å². The molecular weight excluding hydrogens is 306 g/mol. The Morgan fingerprint density at radius 2 is 1.95 bits per heavy atom. The summed E-state index contributed by atoms with van der Waals surface area (Å²) < 4.78 is 28.3. The molecule has 7 nitrogen and oxygen atoms in total. The molecule has 8 heteroatoms. The normalized spacial score (nSPS) is 11.8. The second kappa shape index (κ2) is 6.29. The Hall–Kier alpha value is -2.19. The summed E-state index contributed by atoms with van der Waals surface area (Å²) in [7, 11) is -3.65.